The molecule has 0 aliphatic rings. The zero-order valence-corrected chi connectivity index (χ0v) is 14.0. The molecule has 0 aliphatic carbocycles. The highest BCUT2D eigenvalue weighted by atomic mass is 16.2. The van der Waals surface area contributed by atoms with Crippen LogP contribution in [0, 0.1) is 0 Å². The van der Waals surface area contributed by atoms with Gasteiger partial charge >= 0.3 is 0 Å². The number of nitrogens with zero attached hydrogens (tertiary/aromatic N) is 3. The van der Waals surface area contributed by atoms with Crippen LogP contribution in [0.25, 0.3) is 0 Å². The Kier molecular flexibility index (Phi) is 6.09. The summed E-state index contributed by atoms with van der Waals surface area (Å²) in [5.74, 6) is 0.534. The molecule has 1 N–H and O–H groups in total. The molecular formula is C18H24N4O. The number of amides is 1. The third-order valence-electron chi connectivity index (χ3n) is 3.70. The zero-order chi connectivity index (χ0) is 16.7. The predicted octanol–water partition coefficient (Wildman–Crippen LogP) is 3.65. The summed E-state index contributed by atoms with van der Waals surface area (Å²) in [5, 5.41) is 3.19. The molecule has 5 heteroatoms. The first-order valence-corrected chi connectivity index (χ1v) is 8.07. The van der Waals surface area contributed by atoms with Crippen LogP contribution >= 0.6 is 0 Å². The van der Waals surface area contributed by atoms with Crippen molar-refractivity contribution < 1.29 is 4.79 Å². The van der Waals surface area contributed by atoms with E-state index in [4.69, 9.17) is 0 Å². The van der Waals surface area contributed by atoms with Crippen LogP contribution in [0.3, 0.4) is 0 Å². The lowest BCUT2D eigenvalue weighted by atomic mass is 10.1. The van der Waals surface area contributed by atoms with Gasteiger partial charge in [0.2, 0.25) is 0 Å². The maximum absolute atomic E-state index is 12.2. The van der Waals surface area contributed by atoms with E-state index < -0.39 is 0 Å². The van der Waals surface area contributed by atoms with Gasteiger partial charge in [0.15, 0.2) is 0 Å². The van der Waals surface area contributed by atoms with Crippen LogP contribution in [0.4, 0.5) is 11.5 Å². The van der Waals surface area contributed by atoms with Gasteiger partial charge in [-0.1, -0.05) is 32.4 Å². The molecule has 0 saturated heterocycles. The zero-order valence-electron chi connectivity index (χ0n) is 14.0. The summed E-state index contributed by atoms with van der Waals surface area (Å²) in [4.78, 5) is 22.4. The van der Waals surface area contributed by atoms with E-state index in [1.807, 2.05) is 12.1 Å². The van der Waals surface area contributed by atoms with Crippen LogP contribution in [0.1, 0.15) is 42.7 Å². The SMILES string of the molecule is CCCCN(C)C(=O)c1cnc(Nc2ccc(CC)cc2)cn1. The van der Waals surface area contributed by atoms with Gasteiger partial charge in [-0.15, -0.1) is 0 Å². The Morgan fingerprint density at radius 1 is 1.13 bits per heavy atom. The van der Waals surface area contributed by atoms with Gasteiger partial charge in [0.25, 0.3) is 5.91 Å². The molecule has 1 amide bonds. The molecule has 122 valence electrons. The van der Waals surface area contributed by atoms with Crippen molar-refractivity contribution in [1.82, 2.24) is 14.9 Å². The number of carbonyl (C=O) groups excluding carboxylic acids is 1. The van der Waals surface area contributed by atoms with Crippen molar-refractivity contribution in [3.8, 4) is 0 Å². The molecule has 2 rings (SSSR count). The first-order chi connectivity index (χ1) is 11.1. The summed E-state index contributed by atoms with van der Waals surface area (Å²) in [7, 11) is 1.79. The number of rotatable bonds is 7. The first-order valence-electron chi connectivity index (χ1n) is 8.07. The maximum atomic E-state index is 12.2. The van der Waals surface area contributed by atoms with Gasteiger partial charge in [0.05, 0.1) is 12.4 Å². The van der Waals surface area contributed by atoms with Crippen molar-refractivity contribution in [2.45, 2.75) is 33.1 Å². The summed E-state index contributed by atoms with van der Waals surface area (Å²) in [6, 6.07) is 8.18. The van der Waals surface area contributed by atoms with E-state index >= 15 is 0 Å². The number of carbonyl (C=O) groups is 1. The van der Waals surface area contributed by atoms with Crippen LogP contribution < -0.4 is 5.32 Å². The van der Waals surface area contributed by atoms with Crippen molar-refractivity contribution >= 4 is 17.4 Å². The van der Waals surface area contributed by atoms with Crippen LogP contribution in [0.15, 0.2) is 36.7 Å². The molecule has 1 heterocycles. The van der Waals surface area contributed by atoms with Gasteiger partial charge in [-0.25, -0.2) is 9.97 Å². The fraction of sp³-hybridized carbons (Fsp3) is 0.389. The second-order valence-electron chi connectivity index (χ2n) is 5.54. The fourth-order valence-corrected chi connectivity index (χ4v) is 2.17. The van der Waals surface area contributed by atoms with Gasteiger partial charge in [0, 0.05) is 19.3 Å². The van der Waals surface area contributed by atoms with Crippen molar-refractivity contribution in [1.29, 1.82) is 0 Å². The topological polar surface area (TPSA) is 58.1 Å². The van der Waals surface area contributed by atoms with E-state index in [2.05, 4.69) is 41.3 Å². The van der Waals surface area contributed by atoms with Crippen molar-refractivity contribution in [2.24, 2.45) is 0 Å². The molecule has 0 fully saturated rings. The molecule has 0 radical (unpaired) electrons. The molecular weight excluding hydrogens is 288 g/mol. The average Bonchev–Trinajstić information content (AvgIpc) is 2.60. The van der Waals surface area contributed by atoms with E-state index in [1.165, 1.54) is 11.8 Å². The third-order valence-corrected chi connectivity index (χ3v) is 3.70. The Bertz CT molecular complexity index is 622. The highest BCUT2D eigenvalue weighted by molar-refractivity contribution is 5.91. The molecule has 0 bridgehead atoms. The predicted molar refractivity (Wildman–Crippen MR) is 93.0 cm³/mol. The van der Waals surface area contributed by atoms with Gasteiger partial charge < -0.3 is 10.2 Å². The highest BCUT2D eigenvalue weighted by Crippen LogP contribution is 2.15. The lowest BCUT2D eigenvalue weighted by Gasteiger charge is -2.16. The minimum absolute atomic E-state index is 0.0928. The van der Waals surface area contributed by atoms with Crippen molar-refractivity contribution in [3.63, 3.8) is 0 Å². The van der Waals surface area contributed by atoms with Gasteiger partial charge in [-0.05, 0) is 30.5 Å². The van der Waals surface area contributed by atoms with Crippen molar-refractivity contribution in [3.05, 3.63) is 47.9 Å². The Hall–Kier alpha value is -2.43. The van der Waals surface area contributed by atoms with Crippen LogP contribution in [0.2, 0.25) is 0 Å². The van der Waals surface area contributed by atoms with E-state index in [0.717, 1.165) is 31.5 Å². The Labute approximate surface area is 137 Å². The number of aryl methyl sites for hydroxylation is 1. The number of nitrogens with one attached hydrogen (secondary N) is 1. The Balaban J connectivity index is 1.99. The average molecular weight is 312 g/mol. The molecule has 0 atom stereocenters. The van der Waals surface area contributed by atoms with E-state index in [1.54, 1.807) is 18.1 Å². The van der Waals surface area contributed by atoms with Gasteiger partial charge in [0.1, 0.15) is 11.5 Å². The van der Waals surface area contributed by atoms with Gasteiger partial charge in [-0.2, -0.15) is 0 Å². The third kappa shape index (κ3) is 4.77. The Morgan fingerprint density at radius 3 is 2.43 bits per heavy atom. The normalized spacial score (nSPS) is 10.4. The van der Waals surface area contributed by atoms with Crippen molar-refractivity contribution in [2.75, 3.05) is 18.9 Å². The van der Waals surface area contributed by atoms with Crippen LogP contribution in [-0.2, 0) is 6.42 Å². The molecule has 1 aromatic carbocycles. The summed E-state index contributed by atoms with van der Waals surface area (Å²) < 4.78 is 0. The quantitative estimate of drug-likeness (QED) is 0.847. The van der Waals surface area contributed by atoms with Crippen LogP contribution in [-0.4, -0.2) is 34.4 Å². The number of benzene rings is 1. The lowest BCUT2D eigenvalue weighted by Crippen LogP contribution is -2.28. The lowest BCUT2D eigenvalue weighted by molar-refractivity contribution is 0.0787. The summed E-state index contributed by atoms with van der Waals surface area (Å²) in [6.45, 7) is 4.97. The fourth-order valence-electron chi connectivity index (χ4n) is 2.17. The number of hydrogen-bond donors (Lipinski definition) is 1. The minimum Gasteiger partial charge on any atom is -0.340 e. The number of anilines is 2. The molecule has 0 saturated carbocycles. The van der Waals surface area contributed by atoms with E-state index in [-0.39, 0.29) is 5.91 Å². The van der Waals surface area contributed by atoms with E-state index in [0.29, 0.717) is 11.5 Å². The van der Waals surface area contributed by atoms with E-state index in [9.17, 15) is 4.79 Å². The molecule has 1 aromatic heterocycles. The first kappa shape index (κ1) is 16.9. The standard InChI is InChI=1S/C18H24N4O/c1-4-6-11-22(3)18(23)16-12-20-17(13-19-16)21-15-9-7-14(5-2)8-10-15/h7-10,12-13H,4-6,11H2,1-3H3,(H,20,21). The largest absolute Gasteiger partial charge is 0.340 e. The van der Waals surface area contributed by atoms with Crippen LogP contribution in [0.5, 0.6) is 0 Å². The molecule has 2 aromatic rings. The monoisotopic (exact) mass is 312 g/mol. The minimum atomic E-state index is -0.0928. The van der Waals surface area contributed by atoms with Gasteiger partial charge in [-0.3, -0.25) is 4.79 Å². The number of hydrogen-bond acceptors (Lipinski definition) is 4. The molecule has 0 aliphatic heterocycles. The number of aromatic nitrogens is 2. The molecule has 5 nitrogen and oxygen atoms in total. The molecule has 0 spiro atoms. The summed E-state index contributed by atoms with van der Waals surface area (Å²) in [5.41, 5.74) is 2.61. The summed E-state index contributed by atoms with van der Waals surface area (Å²) in [6.07, 6.45) is 6.18. The second-order valence-corrected chi connectivity index (χ2v) is 5.54. The number of unbranched alkanes of at least 4 members (excludes halogenated alkanes) is 1. The second kappa shape index (κ2) is 8.27. The molecule has 23 heavy (non-hydrogen) atoms. The molecule has 0 unspecified atom stereocenters. The summed E-state index contributed by atoms with van der Waals surface area (Å²) >= 11 is 0. The smallest absolute Gasteiger partial charge is 0.273 e. The Morgan fingerprint density at radius 2 is 1.87 bits per heavy atom. The maximum Gasteiger partial charge on any atom is 0.273 e. The highest BCUT2D eigenvalue weighted by Gasteiger charge is 2.13.